The Morgan fingerprint density at radius 2 is 2.06 bits per heavy atom. The number of nitrogens with one attached hydrogen (secondary N) is 1. The van der Waals surface area contributed by atoms with E-state index in [1.165, 1.54) is 19.3 Å². The number of rotatable bonds is 9. The van der Waals surface area contributed by atoms with Crippen LogP contribution in [-0.2, 0) is 4.79 Å². The second-order valence-electron chi connectivity index (χ2n) is 6.29. The zero-order chi connectivity index (χ0) is 13.5. The summed E-state index contributed by atoms with van der Waals surface area (Å²) in [5.74, 6) is 2.01. The largest absolute Gasteiger partial charge is 0.353 e. The fourth-order valence-corrected chi connectivity index (χ4v) is 2.56. The molecule has 3 heteroatoms. The van der Waals surface area contributed by atoms with Gasteiger partial charge >= 0.3 is 0 Å². The predicted octanol–water partition coefficient (Wildman–Crippen LogP) is 2.69. The van der Waals surface area contributed by atoms with Crippen molar-refractivity contribution in [2.45, 2.75) is 65.3 Å². The Morgan fingerprint density at radius 3 is 2.50 bits per heavy atom. The predicted molar refractivity (Wildman–Crippen MR) is 76.2 cm³/mol. The normalized spacial score (nSPS) is 18.7. The van der Waals surface area contributed by atoms with E-state index in [9.17, 15) is 4.79 Å². The highest BCUT2D eigenvalue weighted by atomic mass is 16.1. The van der Waals surface area contributed by atoms with E-state index in [2.05, 4.69) is 26.1 Å². The maximum atomic E-state index is 12.0. The number of amides is 1. The summed E-state index contributed by atoms with van der Waals surface area (Å²) in [4.78, 5) is 12.0. The molecule has 0 aromatic heterocycles. The Morgan fingerprint density at radius 1 is 1.39 bits per heavy atom. The SMILES string of the molecule is CCC(CC1CC1)NC(=O)C[C@@H](CN)CC(C)C. The van der Waals surface area contributed by atoms with Gasteiger partial charge in [0.2, 0.25) is 5.91 Å². The minimum absolute atomic E-state index is 0.193. The van der Waals surface area contributed by atoms with E-state index in [-0.39, 0.29) is 5.91 Å². The lowest BCUT2D eigenvalue weighted by atomic mass is 9.93. The van der Waals surface area contributed by atoms with Gasteiger partial charge in [-0.3, -0.25) is 4.79 Å². The van der Waals surface area contributed by atoms with Crippen LogP contribution in [0.25, 0.3) is 0 Å². The van der Waals surface area contributed by atoms with Crippen LogP contribution in [0.1, 0.15) is 59.3 Å². The van der Waals surface area contributed by atoms with Crippen LogP contribution in [0.4, 0.5) is 0 Å². The molecule has 106 valence electrons. The molecule has 1 saturated carbocycles. The van der Waals surface area contributed by atoms with E-state index in [4.69, 9.17) is 5.73 Å². The number of hydrogen-bond donors (Lipinski definition) is 2. The Hall–Kier alpha value is -0.570. The molecule has 1 unspecified atom stereocenters. The maximum Gasteiger partial charge on any atom is 0.220 e. The van der Waals surface area contributed by atoms with Gasteiger partial charge in [0, 0.05) is 12.5 Å². The summed E-state index contributed by atoms with van der Waals surface area (Å²) >= 11 is 0. The van der Waals surface area contributed by atoms with Crippen molar-refractivity contribution in [3.8, 4) is 0 Å². The molecule has 0 spiro atoms. The fraction of sp³-hybridized carbons (Fsp3) is 0.933. The van der Waals surface area contributed by atoms with Crippen molar-refractivity contribution in [2.24, 2.45) is 23.5 Å². The number of carbonyl (C=O) groups is 1. The summed E-state index contributed by atoms with van der Waals surface area (Å²) in [5.41, 5.74) is 5.74. The third-order valence-electron chi connectivity index (χ3n) is 3.78. The zero-order valence-electron chi connectivity index (χ0n) is 12.2. The first-order valence-corrected chi connectivity index (χ1v) is 7.54. The summed E-state index contributed by atoms with van der Waals surface area (Å²) in [5, 5.41) is 3.18. The van der Waals surface area contributed by atoms with Gasteiger partial charge in [0.15, 0.2) is 0 Å². The van der Waals surface area contributed by atoms with Crippen molar-refractivity contribution >= 4 is 5.91 Å². The lowest BCUT2D eigenvalue weighted by Gasteiger charge is -2.20. The van der Waals surface area contributed by atoms with E-state index < -0.39 is 0 Å². The van der Waals surface area contributed by atoms with Gasteiger partial charge in [-0.25, -0.2) is 0 Å². The van der Waals surface area contributed by atoms with Crippen molar-refractivity contribution in [3.63, 3.8) is 0 Å². The van der Waals surface area contributed by atoms with Crippen LogP contribution in [0.5, 0.6) is 0 Å². The molecule has 0 saturated heterocycles. The van der Waals surface area contributed by atoms with Crippen LogP contribution in [0, 0.1) is 17.8 Å². The third kappa shape index (κ3) is 6.39. The van der Waals surface area contributed by atoms with Gasteiger partial charge < -0.3 is 11.1 Å². The quantitative estimate of drug-likeness (QED) is 0.664. The zero-order valence-corrected chi connectivity index (χ0v) is 12.2. The highest BCUT2D eigenvalue weighted by Gasteiger charge is 2.25. The van der Waals surface area contributed by atoms with Crippen LogP contribution >= 0.6 is 0 Å². The molecule has 0 aliphatic heterocycles. The number of carbonyl (C=O) groups excluding carboxylic acids is 1. The van der Waals surface area contributed by atoms with Gasteiger partial charge in [-0.2, -0.15) is 0 Å². The van der Waals surface area contributed by atoms with Gasteiger partial charge in [-0.15, -0.1) is 0 Å². The van der Waals surface area contributed by atoms with Crippen LogP contribution in [0.2, 0.25) is 0 Å². The lowest BCUT2D eigenvalue weighted by molar-refractivity contribution is -0.122. The van der Waals surface area contributed by atoms with E-state index >= 15 is 0 Å². The third-order valence-corrected chi connectivity index (χ3v) is 3.78. The van der Waals surface area contributed by atoms with Crippen molar-refractivity contribution in [1.29, 1.82) is 0 Å². The van der Waals surface area contributed by atoms with Crippen LogP contribution < -0.4 is 11.1 Å². The smallest absolute Gasteiger partial charge is 0.220 e. The van der Waals surface area contributed by atoms with Gasteiger partial charge in [0.25, 0.3) is 0 Å². The molecule has 3 N–H and O–H groups in total. The lowest BCUT2D eigenvalue weighted by Crippen LogP contribution is -2.36. The van der Waals surface area contributed by atoms with Gasteiger partial charge in [0.1, 0.15) is 0 Å². The van der Waals surface area contributed by atoms with Crippen molar-refractivity contribution in [3.05, 3.63) is 0 Å². The van der Waals surface area contributed by atoms with Crippen LogP contribution in [0.15, 0.2) is 0 Å². The van der Waals surface area contributed by atoms with E-state index in [0.717, 1.165) is 18.8 Å². The fourth-order valence-electron chi connectivity index (χ4n) is 2.56. The van der Waals surface area contributed by atoms with Crippen LogP contribution in [0.3, 0.4) is 0 Å². The Balaban J connectivity index is 2.28. The van der Waals surface area contributed by atoms with Crippen molar-refractivity contribution in [2.75, 3.05) is 6.54 Å². The van der Waals surface area contributed by atoms with Gasteiger partial charge in [0.05, 0.1) is 0 Å². The first-order valence-electron chi connectivity index (χ1n) is 7.54. The van der Waals surface area contributed by atoms with E-state index in [1.807, 2.05) is 0 Å². The second-order valence-corrected chi connectivity index (χ2v) is 6.29. The standard InChI is InChI=1S/C15H30N2O/c1-4-14(8-12-5-6-12)17-15(18)9-13(10-16)7-11(2)3/h11-14H,4-10,16H2,1-3H3,(H,17,18)/t13-,14?/m0/s1. The van der Waals surface area contributed by atoms with Gasteiger partial charge in [-0.1, -0.05) is 33.6 Å². The molecule has 0 radical (unpaired) electrons. The molecule has 1 rings (SSSR count). The molecule has 1 amide bonds. The van der Waals surface area contributed by atoms with E-state index in [0.29, 0.717) is 30.8 Å². The molecule has 18 heavy (non-hydrogen) atoms. The molecule has 0 bridgehead atoms. The Labute approximate surface area is 112 Å². The topological polar surface area (TPSA) is 55.1 Å². The summed E-state index contributed by atoms with van der Waals surface area (Å²) in [6, 6.07) is 0.377. The molecular weight excluding hydrogens is 224 g/mol. The maximum absolute atomic E-state index is 12.0. The summed E-state index contributed by atoms with van der Waals surface area (Å²) < 4.78 is 0. The monoisotopic (exact) mass is 254 g/mol. The minimum Gasteiger partial charge on any atom is -0.353 e. The van der Waals surface area contributed by atoms with Crippen molar-refractivity contribution < 1.29 is 4.79 Å². The molecular formula is C15H30N2O. The Kier molecular flexibility index (Phi) is 6.69. The first-order chi connectivity index (χ1) is 8.55. The van der Waals surface area contributed by atoms with Crippen molar-refractivity contribution in [1.82, 2.24) is 5.32 Å². The molecule has 2 atom stereocenters. The average Bonchev–Trinajstić information content (AvgIpc) is 3.10. The Bertz CT molecular complexity index is 233. The average molecular weight is 254 g/mol. The minimum atomic E-state index is 0.193. The molecule has 0 heterocycles. The van der Waals surface area contributed by atoms with Crippen LogP contribution in [-0.4, -0.2) is 18.5 Å². The molecule has 1 fully saturated rings. The molecule has 1 aliphatic rings. The summed E-state index contributed by atoms with van der Waals surface area (Å²) in [6.45, 7) is 7.14. The highest BCUT2D eigenvalue weighted by molar-refractivity contribution is 5.76. The summed E-state index contributed by atoms with van der Waals surface area (Å²) in [6.07, 6.45) is 6.55. The number of nitrogens with two attached hydrogens (primary N) is 1. The first kappa shape index (κ1) is 15.5. The molecule has 0 aromatic carbocycles. The molecule has 1 aliphatic carbocycles. The second kappa shape index (κ2) is 7.78. The van der Waals surface area contributed by atoms with E-state index in [1.54, 1.807) is 0 Å². The number of hydrogen-bond acceptors (Lipinski definition) is 2. The molecule has 3 nitrogen and oxygen atoms in total. The summed E-state index contributed by atoms with van der Waals surface area (Å²) in [7, 11) is 0. The van der Waals surface area contributed by atoms with Gasteiger partial charge in [-0.05, 0) is 43.6 Å². The molecule has 0 aromatic rings. The highest BCUT2D eigenvalue weighted by Crippen LogP contribution is 2.34.